The molecule has 0 amide bonds. The molecule has 2 saturated heterocycles. The minimum Gasteiger partial charge on any atom is -0.497 e. The Morgan fingerprint density at radius 3 is 2.81 bits per heavy atom. The third kappa shape index (κ3) is 3.27. The molecule has 4 heteroatoms. The van der Waals surface area contributed by atoms with Gasteiger partial charge in [0.05, 0.1) is 7.11 Å². The van der Waals surface area contributed by atoms with Gasteiger partial charge in [0.15, 0.2) is 5.78 Å². The third-order valence-corrected chi connectivity index (χ3v) is 4.43. The van der Waals surface area contributed by atoms with E-state index in [0.29, 0.717) is 11.6 Å². The fraction of sp³-hybridized carbons (Fsp3) is 0.471. The average molecular weight is 286 g/mol. The van der Waals surface area contributed by atoms with Gasteiger partial charge in [-0.2, -0.15) is 0 Å². The second-order valence-electron chi connectivity index (χ2n) is 5.74. The topological polar surface area (TPSA) is 32.8 Å². The Hall–Kier alpha value is -1.81. The second-order valence-corrected chi connectivity index (χ2v) is 5.74. The van der Waals surface area contributed by atoms with E-state index in [9.17, 15) is 4.79 Å². The van der Waals surface area contributed by atoms with Crippen molar-refractivity contribution in [1.82, 2.24) is 9.80 Å². The maximum absolute atomic E-state index is 12.1. The predicted octanol–water partition coefficient (Wildman–Crippen LogP) is 2.17. The minimum atomic E-state index is 0.0477. The first-order chi connectivity index (χ1) is 10.3. The molecule has 1 unspecified atom stereocenters. The molecule has 0 saturated carbocycles. The summed E-state index contributed by atoms with van der Waals surface area (Å²) in [6, 6.07) is 7.93. The lowest BCUT2D eigenvalue weighted by molar-refractivity contribution is 0.104. The molecule has 2 aliphatic heterocycles. The van der Waals surface area contributed by atoms with Crippen LogP contribution in [0.5, 0.6) is 5.75 Å². The number of hydrogen-bond acceptors (Lipinski definition) is 4. The lowest BCUT2D eigenvalue weighted by atomic mass is 10.1. The molecule has 0 radical (unpaired) electrons. The number of nitrogens with zero attached hydrogens (tertiary/aromatic N) is 2. The highest BCUT2D eigenvalue weighted by Gasteiger charge is 2.29. The van der Waals surface area contributed by atoms with Crippen molar-refractivity contribution in [3.05, 3.63) is 42.1 Å². The van der Waals surface area contributed by atoms with Crippen LogP contribution in [0.4, 0.5) is 0 Å². The van der Waals surface area contributed by atoms with Crippen molar-refractivity contribution in [3.63, 3.8) is 0 Å². The van der Waals surface area contributed by atoms with Gasteiger partial charge in [-0.15, -0.1) is 0 Å². The zero-order valence-corrected chi connectivity index (χ0v) is 12.5. The molecule has 3 rings (SSSR count). The molecular formula is C17H22N2O2. The molecule has 2 fully saturated rings. The number of fused-ring (bicyclic) bond motifs is 1. The first-order valence-electron chi connectivity index (χ1n) is 7.61. The smallest absolute Gasteiger partial charge is 0.187 e. The van der Waals surface area contributed by atoms with Crippen molar-refractivity contribution >= 4 is 5.78 Å². The quantitative estimate of drug-likeness (QED) is 0.627. The van der Waals surface area contributed by atoms with Crippen LogP contribution in [0.1, 0.15) is 23.2 Å². The summed E-state index contributed by atoms with van der Waals surface area (Å²) < 4.78 is 5.10. The molecule has 21 heavy (non-hydrogen) atoms. The summed E-state index contributed by atoms with van der Waals surface area (Å²) in [6.45, 7) is 4.42. The van der Waals surface area contributed by atoms with Crippen molar-refractivity contribution < 1.29 is 9.53 Å². The van der Waals surface area contributed by atoms with E-state index >= 15 is 0 Å². The van der Waals surface area contributed by atoms with Gasteiger partial charge in [-0.05, 0) is 43.7 Å². The fourth-order valence-electron chi connectivity index (χ4n) is 3.18. The van der Waals surface area contributed by atoms with Gasteiger partial charge < -0.3 is 9.64 Å². The van der Waals surface area contributed by atoms with Crippen LogP contribution in [-0.2, 0) is 0 Å². The highest BCUT2D eigenvalue weighted by Crippen LogP contribution is 2.21. The normalized spacial score (nSPS) is 22.5. The van der Waals surface area contributed by atoms with Gasteiger partial charge >= 0.3 is 0 Å². The summed E-state index contributed by atoms with van der Waals surface area (Å²) in [5, 5.41) is 0. The standard InChI is InChI=1S/C17H22N2O2/c1-21-16-6-4-14(5-7-16)17(20)8-10-18-11-12-19-9-2-3-15(19)13-18/h4-8,10,15H,2-3,9,11-13H2,1H3/b10-8+. The van der Waals surface area contributed by atoms with Crippen LogP contribution in [0.2, 0.25) is 0 Å². The van der Waals surface area contributed by atoms with Crippen LogP contribution >= 0.6 is 0 Å². The molecule has 0 spiro atoms. The molecule has 2 heterocycles. The van der Waals surface area contributed by atoms with Crippen LogP contribution < -0.4 is 4.74 Å². The highest BCUT2D eigenvalue weighted by atomic mass is 16.5. The van der Waals surface area contributed by atoms with Crippen molar-refractivity contribution in [3.8, 4) is 5.75 Å². The summed E-state index contributed by atoms with van der Waals surface area (Å²) in [5.41, 5.74) is 0.701. The number of carbonyl (C=O) groups is 1. The molecule has 1 aromatic rings. The number of ketones is 1. The summed E-state index contributed by atoms with van der Waals surface area (Å²) in [4.78, 5) is 17.0. The number of hydrogen-bond donors (Lipinski definition) is 0. The summed E-state index contributed by atoms with van der Waals surface area (Å²) in [6.07, 6.45) is 6.25. The summed E-state index contributed by atoms with van der Waals surface area (Å²) >= 11 is 0. The molecule has 4 nitrogen and oxygen atoms in total. The first-order valence-corrected chi connectivity index (χ1v) is 7.61. The van der Waals surface area contributed by atoms with E-state index in [2.05, 4.69) is 9.80 Å². The lowest BCUT2D eigenvalue weighted by Crippen LogP contribution is -2.47. The average Bonchev–Trinajstić information content (AvgIpc) is 3.00. The maximum atomic E-state index is 12.1. The van der Waals surface area contributed by atoms with Gasteiger partial charge in [0.1, 0.15) is 5.75 Å². The van der Waals surface area contributed by atoms with Crippen molar-refractivity contribution in [2.24, 2.45) is 0 Å². The van der Waals surface area contributed by atoms with E-state index < -0.39 is 0 Å². The van der Waals surface area contributed by atoms with Crippen LogP contribution in [0, 0.1) is 0 Å². The van der Waals surface area contributed by atoms with Gasteiger partial charge in [0.2, 0.25) is 0 Å². The zero-order chi connectivity index (χ0) is 14.7. The number of allylic oxidation sites excluding steroid dienone is 1. The first kappa shape index (κ1) is 14.1. The Morgan fingerprint density at radius 1 is 1.24 bits per heavy atom. The number of carbonyl (C=O) groups excluding carboxylic acids is 1. The predicted molar refractivity (Wildman–Crippen MR) is 82.6 cm³/mol. The number of methoxy groups -OCH3 is 1. The molecule has 0 aliphatic carbocycles. The molecule has 1 aromatic carbocycles. The zero-order valence-electron chi connectivity index (χ0n) is 12.5. The lowest BCUT2D eigenvalue weighted by Gasteiger charge is -2.36. The summed E-state index contributed by atoms with van der Waals surface area (Å²) in [5.74, 6) is 0.819. The van der Waals surface area contributed by atoms with Crippen molar-refractivity contribution in [2.75, 3.05) is 33.3 Å². The van der Waals surface area contributed by atoms with Gasteiger partial charge in [-0.1, -0.05) is 0 Å². The maximum Gasteiger partial charge on any atom is 0.187 e. The largest absolute Gasteiger partial charge is 0.497 e. The van der Waals surface area contributed by atoms with Gasteiger partial charge in [-0.3, -0.25) is 9.69 Å². The molecule has 0 N–H and O–H groups in total. The van der Waals surface area contributed by atoms with E-state index in [-0.39, 0.29) is 5.78 Å². The van der Waals surface area contributed by atoms with E-state index in [1.165, 1.54) is 19.4 Å². The third-order valence-electron chi connectivity index (χ3n) is 4.43. The van der Waals surface area contributed by atoms with Crippen molar-refractivity contribution in [1.29, 1.82) is 0 Å². The Balaban J connectivity index is 1.58. The minimum absolute atomic E-state index is 0.0477. The Labute approximate surface area is 126 Å². The van der Waals surface area contributed by atoms with E-state index in [1.54, 1.807) is 25.3 Å². The SMILES string of the molecule is COc1ccc(C(=O)/C=C/N2CCN3CCCC3C2)cc1. The highest BCUT2D eigenvalue weighted by molar-refractivity contribution is 6.04. The Kier molecular flexibility index (Phi) is 4.25. The van der Waals surface area contributed by atoms with Crippen LogP contribution in [0.15, 0.2) is 36.5 Å². The van der Waals surface area contributed by atoms with Crippen molar-refractivity contribution in [2.45, 2.75) is 18.9 Å². The van der Waals surface area contributed by atoms with Gasteiger partial charge in [0, 0.05) is 43.5 Å². The van der Waals surface area contributed by atoms with Crippen LogP contribution in [0.3, 0.4) is 0 Å². The molecule has 112 valence electrons. The molecule has 0 aromatic heterocycles. The molecule has 1 atom stereocenters. The monoisotopic (exact) mass is 286 g/mol. The van der Waals surface area contributed by atoms with Crippen LogP contribution in [-0.4, -0.2) is 54.9 Å². The Bertz CT molecular complexity index is 524. The second kappa shape index (κ2) is 6.31. The number of benzene rings is 1. The van der Waals surface area contributed by atoms with Crippen LogP contribution in [0.25, 0.3) is 0 Å². The van der Waals surface area contributed by atoms with E-state index in [1.807, 2.05) is 18.3 Å². The number of piperazine rings is 1. The molecule has 2 aliphatic rings. The summed E-state index contributed by atoms with van der Waals surface area (Å²) in [7, 11) is 1.62. The fourth-order valence-corrected chi connectivity index (χ4v) is 3.18. The van der Waals surface area contributed by atoms with Gasteiger partial charge in [-0.25, -0.2) is 0 Å². The van der Waals surface area contributed by atoms with Gasteiger partial charge in [0.25, 0.3) is 0 Å². The van der Waals surface area contributed by atoms with E-state index in [4.69, 9.17) is 4.74 Å². The number of rotatable bonds is 4. The number of ether oxygens (including phenoxy) is 1. The molecular weight excluding hydrogens is 264 g/mol. The van der Waals surface area contributed by atoms with E-state index in [0.717, 1.165) is 25.4 Å². The molecule has 0 bridgehead atoms. The Morgan fingerprint density at radius 2 is 2.05 bits per heavy atom.